The van der Waals surface area contributed by atoms with Gasteiger partial charge in [-0.25, -0.2) is 4.98 Å². The maximum atomic E-state index is 13.1. The first-order valence-corrected chi connectivity index (χ1v) is 12.3. The molecule has 1 aromatic heterocycles. The SMILES string of the molecule is Cc1nc(-c2ccccc2)sc1C(=O)N1CCN(S(=O)(=O)N2CCN(C)CC2)CC1. The van der Waals surface area contributed by atoms with Gasteiger partial charge in [0.15, 0.2) is 0 Å². The van der Waals surface area contributed by atoms with Gasteiger partial charge in [-0.15, -0.1) is 11.3 Å². The Labute approximate surface area is 181 Å². The summed E-state index contributed by atoms with van der Waals surface area (Å²) in [4.78, 5) is 22.1. The molecule has 0 spiro atoms. The third-order valence-corrected chi connectivity index (χ3v) is 8.88. The summed E-state index contributed by atoms with van der Waals surface area (Å²) in [6, 6.07) is 9.82. The van der Waals surface area contributed by atoms with Crippen molar-refractivity contribution in [3.63, 3.8) is 0 Å². The first-order chi connectivity index (χ1) is 14.4. The fraction of sp³-hybridized carbons (Fsp3) is 0.500. The third-order valence-electron chi connectivity index (χ3n) is 5.65. The molecule has 0 radical (unpaired) electrons. The Bertz CT molecular complexity index is 993. The molecule has 162 valence electrons. The van der Waals surface area contributed by atoms with E-state index in [1.54, 1.807) is 9.21 Å². The molecule has 0 unspecified atom stereocenters. The van der Waals surface area contributed by atoms with Crippen LogP contribution in [0.3, 0.4) is 0 Å². The molecule has 2 aliphatic rings. The Hall–Kier alpha value is -1.85. The van der Waals surface area contributed by atoms with Gasteiger partial charge in [0.25, 0.3) is 16.1 Å². The number of rotatable bonds is 4. The Balaban J connectivity index is 1.41. The molecule has 0 aliphatic carbocycles. The van der Waals surface area contributed by atoms with Crippen LogP contribution in [0.25, 0.3) is 10.6 Å². The maximum absolute atomic E-state index is 13.1. The van der Waals surface area contributed by atoms with Crippen molar-refractivity contribution in [1.82, 2.24) is 23.4 Å². The van der Waals surface area contributed by atoms with E-state index in [4.69, 9.17) is 0 Å². The standard InChI is InChI=1S/C20H27N5O3S2/c1-16-18(29-19(21-16)17-6-4-3-5-7-17)20(26)23-10-14-25(15-11-23)30(27,28)24-12-8-22(2)9-13-24/h3-7H,8-15H2,1-2H3. The molecule has 1 aromatic carbocycles. The number of piperazine rings is 2. The third kappa shape index (κ3) is 4.28. The Morgan fingerprint density at radius 1 is 0.933 bits per heavy atom. The zero-order valence-electron chi connectivity index (χ0n) is 17.3. The van der Waals surface area contributed by atoms with Crippen LogP contribution in [0.1, 0.15) is 15.4 Å². The number of hydrogen-bond donors (Lipinski definition) is 0. The lowest BCUT2D eigenvalue weighted by molar-refractivity contribution is 0.0696. The van der Waals surface area contributed by atoms with Crippen LogP contribution in [0.15, 0.2) is 30.3 Å². The highest BCUT2D eigenvalue weighted by molar-refractivity contribution is 7.86. The molecule has 2 saturated heterocycles. The lowest BCUT2D eigenvalue weighted by Crippen LogP contribution is -2.57. The predicted molar refractivity (Wildman–Crippen MR) is 118 cm³/mol. The molecule has 0 saturated carbocycles. The number of aromatic nitrogens is 1. The second-order valence-corrected chi connectivity index (χ2v) is 10.6. The summed E-state index contributed by atoms with van der Waals surface area (Å²) in [6.07, 6.45) is 0. The molecule has 2 fully saturated rings. The van der Waals surface area contributed by atoms with Crippen molar-refractivity contribution < 1.29 is 13.2 Å². The van der Waals surface area contributed by atoms with Gasteiger partial charge in [0.1, 0.15) is 9.88 Å². The van der Waals surface area contributed by atoms with Crippen LogP contribution in [0.4, 0.5) is 0 Å². The molecule has 0 bridgehead atoms. The number of amides is 1. The maximum Gasteiger partial charge on any atom is 0.282 e. The van der Waals surface area contributed by atoms with E-state index in [9.17, 15) is 13.2 Å². The van der Waals surface area contributed by atoms with Crippen molar-refractivity contribution in [2.24, 2.45) is 0 Å². The summed E-state index contributed by atoms with van der Waals surface area (Å²) in [7, 11) is -1.47. The summed E-state index contributed by atoms with van der Waals surface area (Å²) in [5.41, 5.74) is 1.71. The van der Waals surface area contributed by atoms with Gasteiger partial charge in [0.2, 0.25) is 0 Å². The minimum atomic E-state index is -3.47. The lowest BCUT2D eigenvalue weighted by atomic mass is 10.2. The van der Waals surface area contributed by atoms with Gasteiger partial charge in [0.05, 0.1) is 5.69 Å². The molecular weight excluding hydrogens is 422 g/mol. The first-order valence-electron chi connectivity index (χ1n) is 10.1. The molecular formula is C20H27N5O3S2. The largest absolute Gasteiger partial charge is 0.335 e. The fourth-order valence-corrected chi connectivity index (χ4v) is 6.36. The van der Waals surface area contributed by atoms with Crippen LogP contribution in [-0.4, -0.2) is 97.1 Å². The molecule has 1 amide bonds. The number of benzene rings is 1. The molecule has 0 atom stereocenters. The van der Waals surface area contributed by atoms with Gasteiger partial charge in [0, 0.05) is 57.9 Å². The molecule has 2 aromatic rings. The van der Waals surface area contributed by atoms with Crippen LogP contribution in [0.5, 0.6) is 0 Å². The lowest BCUT2D eigenvalue weighted by Gasteiger charge is -2.39. The van der Waals surface area contributed by atoms with E-state index >= 15 is 0 Å². The van der Waals surface area contributed by atoms with Crippen molar-refractivity contribution in [3.05, 3.63) is 40.9 Å². The smallest absolute Gasteiger partial charge is 0.282 e. The van der Waals surface area contributed by atoms with E-state index in [0.717, 1.165) is 29.4 Å². The van der Waals surface area contributed by atoms with E-state index < -0.39 is 10.2 Å². The first kappa shape index (κ1) is 21.4. The van der Waals surface area contributed by atoms with Crippen molar-refractivity contribution in [3.8, 4) is 10.6 Å². The van der Waals surface area contributed by atoms with Crippen LogP contribution in [0.2, 0.25) is 0 Å². The minimum absolute atomic E-state index is 0.0659. The summed E-state index contributed by atoms with van der Waals surface area (Å²) in [5, 5.41) is 0.827. The number of hydrogen-bond acceptors (Lipinski definition) is 6. The monoisotopic (exact) mass is 449 g/mol. The summed E-state index contributed by atoms with van der Waals surface area (Å²) < 4.78 is 28.9. The number of nitrogens with zero attached hydrogens (tertiary/aromatic N) is 5. The molecule has 30 heavy (non-hydrogen) atoms. The van der Waals surface area contributed by atoms with E-state index in [-0.39, 0.29) is 5.91 Å². The van der Waals surface area contributed by atoms with Crippen molar-refractivity contribution in [2.75, 3.05) is 59.4 Å². The van der Waals surface area contributed by atoms with Gasteiger partial charge in [-0.2, -0.15) is 17.0 Å². The summed E-state index contributed by atoms with van der Waals surface area (Å²) in [6.45, 7) is 5.80. The highest BCUT2D eigenvalue weighted by Gasteiger charge is 2.35. The average molecular weight is 450 g/mol. The number of thiazole rings is 1. The Morgan fingerprint density at radius 2 is 1.50 bits per heavy atom. The van der Waals surface area contributed by atoms with E-state index in [1.165, 1.54) is 15.6 Å². The van der Waals surface area contributed by atoms with Gasteiger partial charge in [-0.3, -0.25) is 4.79 Å². The van der Waals surface area contributed by atoms with Crippen LogP contribution in [0, 0.1) is 6.92 Å². The van der Waals surface area contributed by atoms with E-state index in [0.29, 0.717) is 44.1 Å². The van der Waals surface area contributed by atoms with Crippen molar-refractivity contribution in [1.29, 1.82) is 0 Å². The van der Waals surface area contributed by atoms with E-state index in [1.807, 2.05) is 44.3 Å². The molecule has 8 nitrogen and oxygen atoms in total. The zero-order valence-corrected chi connectivity index (χ0v) is 19.0. The Kier molecular flexibility index (Phi) is 6.21. The second kappa shape index (κ2) is 8.72. The number of aryl methyl sites for hydroxylation is 1. The second-order valence-electron chi connectivity index (χ2n) is 7.70. The van der Waals surface area contributed by atoms with Crippen molar-refractivity contribution >= 4 is 27.5 Å². The molecule has 3 heterocycles. The van der Waals surface area contributed by atoms with Gasteiger partial charge in [-0.1, -0.05) is 30.3 Å². The highest BCUT2D eigenvalue weighted by Crippen LogP contribution is 2.29. The Morgan fingerprint density at radius 3 is 2.10 bits per heavy atom. The minimum Gasteiger partial charge on any atom is -0.335 e. The highest BCUT2D eigenvalue weighted by atomic mass is 32.2. The van der Waals surface area contributed by atoms with Crippen LogP contribution < -0.4 is 0 Å². The van der Waals surface area contributed by atoms with Gasteiger partial charge >= 0.3 is 0 Å². The zero-order chi connectivity index (χ0) is 21.3. The summed E-state index contributed by atoms with van der Waals surface area (Å²) in [5.74, 6) is -0.0659. The van der Waals surface area contributed by atoms with Crippen molar-refractivity contribution in [2.45, 2.75) is 6.92 Å². The number of carbonyl (C=O) groups is 1. The van der Waals surface area contributed by atoms with Gasteiger partial charge < -0.3 is 9.80 Å². The van der Waals surface area contributed by atoms with Crippen LogP contribution >= 0.6 is 11.3 Å². The van der Waals surface area contributed by atoms with E-state index in [2.05, 4.69) is 9.88 Å². The molecule has 4 rings (SSSR count). The predicted octanol–water partition coefficient (Wildman–Crippen LogP) is 1.37. The molecule has 10 heteroatoms. The normalized spacial score (nSPS) is 19.9. The number of likely N-dealkylation sites (N-methyl/N-ethyl adjacent to an activating group) is 1. The quantitative estimate of drug-likeness (QED) is 0.705. The molecule has 0 N–H and O–H groups in total. The topological polar surface area (TPSA) is 77.1 Å². The van der Waals surface area contributed by atoms with Gasteiger partial charge in [-0.05, 0) is 14.0 Å². The van der Waals surface area contributed by atoms with Crippen LogP contribution in [-0.2, 0) is 10.2 Å². The fourth-order valence-electron chi connectivity index (χ4n) is 3.75. The number of carbonyl (C=O) groups excluding carboxylic acids is 1. The molecule has 2 aliphatic heterocycles. The summed E-state index contributed by atoms with van der Waals surface area (Å²) >= 11 is 1.40. The average Bonchev–Trinajstić information content (AvgIpc) is 3.16.